The highest BCUT2D eigenvalue weighted by molar-refractivity contribution is 7.89. The van der Waals surface area contributed by atoms with Gasteiger partial charge in [-0.3, -0.25) is 0 Å². The molecule has 0 saturated carbocycles. The van der Waals surface area contributed by atoms with Crippen LogP contribution in [0.25, 0.3) is 21.3 Å². The van der Waals surface area contributed by atoms with Gasteiger partial charge in [-0.1, -0.05) is 30.3 Å². The third-order valence-electron chi connectivity index (χ3n) is 3.70. The summed E-state index contributed by atoms with van der Waals surface area (Å²) in [7, 11) is 0.363. The Balaban J connectivity index is 2.05. The van der Waals surface area contributed by atoms with Crippen LogP contribution >= 0.6 is 11.3 Å². The number of hydrogen-bond acceptors (Lipinski definition) is 7. The van der Waals surface area contributed by atoms with Crippen LogP contribution in [-0.4, -0.2) is 49.7 Å². The van der Waals surface area contributed by atoms with Crippen molar-refractivity contribution in [1.82, 2.24) is 14.9 Å². The van der Waals surface area contributed by atoms with E-state index in [2.05, 4.69) is 20.7 Å². The minimum Gasteiger partial charge on any atom is -0.368 e. The molecule has 7 nitrogen and oxygen atoms in total. The molecule has 3 aromatic rings. The number of aromatic nitrogens is 2. The molecule has 138 valence electrons. The van der Waals surface area contributed by atoms with Crippen LogP contribution < -0.4 is 10.5 Å². The van der Waals surface area contributed by atoms with Gasteiger partial charge in [0.05, 0.1) is 17.7 Å². The fourth-order valence-corrected chi connectivity index (χ4v) is 3.96. The molecule has 0 spiro atoms. The van der Waals surface area contributed by atoms with Crippen LogP contribution in [0.5, 0.6) is 0 Å². The van der Waals surface area contributed by atoms with Gasteiger partial charge in [0.15, 0.2) is 0 Å². The van der Waals surface area contributed by atoms with Gasteiger partial charge in [-0.05, 0) is 19.7 Å². The third-order valence-corrected chi connectivity index (χ3v) is 5.35. The Bertz CT molecular complexity index is 1000. The summed E-state index contributed by atoms with van der Waals surface area (Å²) in [5, 5.41) is 11.2. The molecule has 0 fully saturated rings. The summed E-state index contributed by atoms with van der Waals surface area (Å²) in [5.74, 6) is 1.16. The zero-order valence-electron chi connectivity index (χ0n) is 14.6. The van der Waals surface area contributed by atoms with Crippen LogP contribution in [0.1, 0.15) is 5.82 Å². The molecule has 1 aromatic carbocycles. The molecule has 0 radical (unpaired) electrons. The molecule has 26 heavy (non-hydrogen) atoms. The molecule has 3 rings (SSSR count). The second kappa shape index (κ2) is 7.67. The number of nitrogens with zero attached hydrogens (tertiary/aromatic N) is 3. The lowest BCUT2D eigenvalue weighted by Crippen LogP contribution is -2.23. The van der Waals surface area contributed by atoms with Gasteiger partial charge in [0, 0.05) is 17.5 Å². The molecule has 0 saturated heterocycles. The van der Waals surface area contributed by atoms with E-state index in [0.717, 1.165) is 21.3 Å². The molecule has 2 aromatic heterocycles. The lowest BCUT2D eigenvalue weighted by Gasteiger charge is -2.12. The average Bonchev–Trinajstić information content (AvgIpc) is 2.98. The van der Waals surface area contributed by atoms with Crippen molar-refractivity contribution in [3.63, 3.8) is 0 Å². The van der Waals surface area contributed by atoms with Crippen molar-refractivity contribution in [2.75, 3.05) is 31.7 Å². The van der Waals surface area contributed by atoms with E-state index >= 15 is 0 Å². The number of fused-ring (bicyclic) bond motifs is 1. The van der Waals surface area contributed by atoms with E-state index in [0.29, 0.717) is 18.2 Å². The first-order valence-electron chi connectivity index (χ1n) is 8.06. The summed E-state index contributed by atoms with van der Waals surface area (Å²) in [5.41, 5.74) is 2.09. The SMILES string of the molecule is CN(C)Cc1nc(NCCS(N)(=O)=O)c2c(-c3ccccc3)csc2n1. The van der Waals surface area contributed by atoms with Gasteiger partial charge < -0.3 is 10.2 Å². The first-order valence-corrected chi connectivity index (χ1v) is 10.7. The molecule has 0 amide bonds. The van der Waals surface area contributed by atoms with E-state index in [-0.39, 0.29) is 12.3 Å². The number of hydrogen-bond donors (Lipinski definition) is 2. The Labute approximate surface area is 156 Å². The molecule has 0 bridgehead atoms. The summed E-state index contributed by atoms with van der Waals surface area (Å²) in [4.78, 5) is 12.1. The van der Waals surface area contributed by atoms with Crippen molar-refractivity contribution in [3.8, 4) is 11.1 Å². The van der Waals surface area contributed by atoms with Crippen LogP contribution in [0.4, 0.5) is 5.82 Å². The van der Waals surface area contributed by atoms with Gasteiger partial charge in [-0.15, -0.1) is 11.3 Å². The standard InChI is InChI=1S/C17H21N5O2S2/c1-22(2)10-14-20-16(19-8-9-26(18,23)24)15-13(11-25-17(15)21-14)12-6-4-3-5-7-12/h3-7,11H,8-10H2,1-2H3,(H2,18,23,24)(H,19,20,21). The number of thiophene rings is 1. The van der Waals surface area contributed by atoms with Crippen LogP contribution in [-0.2, 0) is 16.6 Å². The van der Waals surface area contributed by atoms with E-state index in [1.54, 1.807) is 11.3 Å². The van der Waals surface area contributed by atoms with E-state index in [9.17, 15) is 8.42 Å². The number of nitrogens with two attached hydrogens (primary N) is 1. The highest BCUT2D eigenvalue weighted by Gasteiger charge is 2.16. The second-order valence-electron chi connectivity index (χ2n) is 6.22. The zero-order valence-corrected chi connectivity index (χ0v) is 16.3. The van der Waals surface area contributed by atoms with Crippen molar-refractivity contribution in [2.24, 2.45) is 5.14 Å². The highest BCUT2D eigenvalue weighted by Crippen LogP contribution is 2.36. The molecule has 0 aliphatic heterocycles. The quantitative estimate of drug-likeness (QED) is 0.640. The average molecular weight is 392 g/mol. The van der Waals surface area contributed by atoms with Crippen LogP contribution in [0.3, 0.4) is 0 Å². The van der Waals surface area contributed by atoms with E-state index < -0.39 is 10.0 Å². The largest absolute Gasteiger partial charge is 0.368 e. The van der Waals surface area contributed by atoms with Crippen molar-refractivity contribution >= 4 is 37.4 Å². The van der Waals surface area contributed by atoms with Crippen LogP contribution in [0.2, 0.25) is 0 Å². The van der Waals surface area contributed by atoms with Crippen LogP contribution in [0, 0.1) is 0 Å². The molecule has 0 unspecified atom stereocenters. The molecule has 0 aliphatic carbocycles. The van der Waals surface area contributed by atoms with Gasteiger partial charge >= 0.3 is 0 Å². The number of benzene rings is 1. The van der Waals surface area contributed by atoms with E-state index in [1.807, 2.05) is 49.3 Å². The fraction of sp³-hybridized carbons (Fsp3) is 0.294. The Morgan fingerprint density at radius 3 is 2.58 bits per heavy atom. The van der Waals surface area contributed by atoms with Crippen LogP contribution in [0.15, 0.2) is 35.7 Å². The highest BCUT2D eigenvalue weighted by atomic mass is 32.2. The van der Waals surface area contributed by atoms with Crippen molar-refractivity contribution in [2.45, 2.75) is 6.54 Å². The molecule has 0 atom stereocenters. The summed E-state index contributed by atoms with van der Waals surface area (Å²) in [6.45, 7) is 0.787. The van der Waals surface area contributed by atoms with Gasteiger partial charge in [0.25, 0.3) is 0 Å². The lowest BCUT2D eigenvalue weighted by atomic mass is 10.1. The summed E-state index contributed by atoms with van der Waals surface area (Å²) in [6.07, 6.45) is 0. The summed E-state index contributed by atoms with van der Waals surface area (Å²) < 4.78 is 22.5. The number of nitrogens with one attached hydrogen (secondary N) is 1. The van der Waals surface area contributed by atoms with Crippen molar-refractivity contribution in [1.29, 1.82) is 0 Å². The molecule has 9 heteroatoms. The predicted octanol–water partition coefficient (Wildman–Crippen LogP) is 2.12. The van der Waals surface area contributed by atoms with Crippen molar-refractivity contribution < 1.29 is 8.42 Å². The Morgan fingerprint density at radius 1 is 1.19 bits per heavy atom. The summed E-state index contributed by atoms with van der Waals surface area (Å²) >= 11 is 1.55. The van der Waals surface area contributed by atoms with Gasteiger partial charge in [-0.2, -0.15) is 0 Å². The predicted molar refractivity (Wildman–Crippen MR) is 107 cm³/mol. The van der Waals surface area contributed by atoms with Gasteiger partial charge in [0.1, 0.15) is 16.5 Å². The first-order chi connectivity index (χ1) is 12.3. The van der Waals surface area contributed by atoms with E-state index in [1.165, 1.54) is 0 Å². The minimum atomic E-state index is -3.54. The Hall–Kier alpha value is -2.07. The Kier molecular flexibility index (Phi) is 5.52. The van der Waals surface area contributed by atoms with Crippen molar-refractivity contribution in [3.05, 3.63) is 41.5 Å². The maximum absolute atomic E-state index is 11.2. The molecule has 2 heterocycles. The number of primary sulfonamides is 1. The Morgan fingerprint density at radius 2 is 1.92 bits per heavy atom. The number of anilines is 1. The normalized spacial score (nSPS) is 12.0. The first kappa shape index (κ1) is 18.7. The lowest BCUT2D eigenvalue weighted by molar-refractivity contribution is 0.391. The van der Waals surface area contributed by atoms with E-state index in [4.69, 9.17) is 5.14 Å². The number of sulfonamides is 1. The minimum absolute atomic E-state index is 0.160. The maximum atomic E-state index is 11.2. The third kappa shape index (κ3) is 4.55. The summed E-state index contributed by atoms with van der Waals surface area (Å²) in [6, 6.07) is 9.99. The van der Waals surface area contributed by atoms with Gasteiger partial charge in [0.2, 0.25) is 10.0 Å². The topological polar surface area (TPSA) is 101 Å². The molecular weight excluding hydrogens is 370 g/mol. The smallest absolute Gasteiger partial charge is 0.210 e. The fourth-order valence-electron chi connectivity index (χ4n) is 2.61. The molecule has 0 aliphatic rings. The molecule has 3 N–H and O–H groups in total. The molecular formula is C17H21N5O2S2. The monoisotopic (exact) mass is 391 g/mol. The van der Waals surface area contributed by atoms with Gasteiger partial charge in [-0.25, -0.2) is 23.5 Å². The second-order valence-corrected chi connectivity index (χ2v) is 8.81. The zero-order chi connectivity index (χ0) is 18.7. The maximum Gasteiger partial charge on any atom is 0.210 e. The number of rotatable bonds is 7.